The van der Waals surface area contributed by atoms with Crippen LogP contribution in [0.3, 0.4) is 0 Å². The smallest absolute Gasteiger partial charge is 0.273 e. The summed E-state index contributed by atoms with van der Waals surface area (Å²) < 4.78 is 0. The second-order valence-corrected chi connectivity index (χ2v) is 5.62. The Morgan fingerprint density at radius 3 is 2.62 bits per heavy atom. The van der Waals surface area contributed by atoms with Gasteiger partial charge in [-0.15, -0.1) is 0 Å². The van der Waals surface area contributed by atoms with E-state index < -0.39 is 4.92 Å². The number of benzene rings is 2. The first-order valence-electron chi connectivity index (χ1n) is 7.43. The highest BCUT2D eigenvalue weighted by Gasteiger charge is 2.16. The third-order valence-electron chi connectivity index (χ3n) is 3.58. The molecule has 2 aromatic rings. The van der Waals surface area contributed by atoms with Crippen LogP contribution in [0, 0.1) is 21.4 Å². The van der Waals surface area contributed by atoms with Crippen molar-refractivity contribution in [3.05, 3.63) is 80.9 Å². The molecule has 0 N–H and O–H groups in total. The second kappa shape index (κ2) is 7.34. The zero-order chi connectivity index (χ0) is 17.7. The van der Waals surface area contributed by atoms with Gasteiger partial charge in [0.1, 0.15) is 0 Å². The number of nitro benzene ring substituents is 1. The number of nitrogens with zero attached hydrogens (tertiary/aromatic N) is 2. The second-order valence-electron chi connectivity index (χ2n) is 5.62. The highest BCUT2D eigenvalue weighted by molar-refractivity contribution is 6.07. The molecule has 0 saturated heterocycles. The molecule has 24 heavy (non-hydrogen) atoms. The van der Waals surface area contributed by atoms with Gasteiger partial charge in [-0.1, -0.05) is 44.2 Å². The summed E-state index contributed by atoms with van der Waals surface area (Å²) in [7, 11) is 0. The largest absolute Gasteiger partial charge is 0.289 e. The standard InChI is InChI=1S/C19H16N2O3/c1-13(2)17-8-6-14(11-18(17)21(23)24)7-9-19(22)16-5-3-4-15(10-16)12-20/h3-11,13H,1-2H3/b9-7+. The van der Waals surface area contributed by atoms with Crippen molar-refractivity contribution in [2.45, 2.75) is 19.8 Å². The fourth-order valence-corrected chi connectivity index (χ4v) is 2.32. The minimum Gasteiger partial charge on any atom is -0.289 e. The molecule has 0 amide bonds. The topological polar surface area (TPSA) is 84.0 Å². The monoisotopic (exact) mass is 320 g/mol. The summed E-state index contributed by atoms with van der Waals surface area (Å²) in [5.41, 5.74) is 2.09. The van der Waals surface area contributed by atoms with Crippen molar-refractivity contribution in [3.8, 4) is 6.07 Å². The molecule has 2 aromatic carbocycles. The SMILES string of the molecule is CC(C)c1ccc(/C=C/C(=O)c2cccc(C#N)c2)cc1[N+](=O)[O-]. The summed E-state index contributed by atoms with van der Waals surface area (Å²) in [6, 6.07) is 13.3. The van der Waals surface area contributed by atoms with Gasteiger partial charge in [0.05, 0.1) is 16.6 Å². The van der Waals surface area contributed by atoms with Crippen molar-refractivity contribution in [2.24, 2.45) is 0 Å². The molecule has 0 saturated carbocycles. The molecular weight excluding hydrogens is 304 g/mol. The minimum absolute atomic E-state index is 0.0405. The van der Waals surface area contributed by atoms with Crippen LogP contribution in [0.1, 0.15) is 46.8 Å². The first kappa shape index (κ1) is 17.1. The Labute approximate surface area is 140 Å². The summed E-state index contributed by atoms with van der Waals surface area (Å²) in [5, 5.41) is 20.1. The number of hydrogen-bond acceptors (Lipinski definition) is 4. The number of carbonyl (C=O) groups excluding carboxylic acids is 1. The maximum Gasteiger partial charge on any atom is 0.273 e. The van der Waals surface area contributed by atoms with Crippen molar-refractivity contribution >= 4 is 17.5 Å². The van der Waals surface area contributed by atoms with E-state index >= 15 is 0 Å². The van der Waals surface area contributed by atoms with E-state index in [0.717, 1.165) is 0 Å². The highest BCUT2D eigenvalue weighted by atomic mass is 16.6. The Morgan fingerprint density at radius 2 is 2.00 bits per heavy atom. The summed E-state index contributed by atoms with van der Waals surface area (Å²) in [5.74, 6) is -0.221. The summed E-state index contributed by atoms with van der Waals surface area (Å²) in [4.78, 5) is 22.9. The molecule has 0 unspecified atom stereocenters. The van der Waals surface area contributed by atoms with Crippen molar-refractivity contribution in [1.82, 2.24) is 0 Å². The number of ketones is 1. The Bertz CT molecular complexity index is 861. The lowest BCUT2D eigenvalue weighted by Crippen LogP contribution is -1.98. The van der Waals surface area contributed by atoms with Gasteiger partial charge >= 0.3 is 0 Å². The molecule has 0 radical (unpaired) electrons. The average molecular weight is 320 g/mol. The van der Waals surface area contributed by atoms with Gasteiger partial charge in [-0.25, -0.2) is 0 Å². The molecule has 0 heterocycles. The van der Waals surface area contributed by atoms with Crippen molar-refractivity contribution in [3.63, 3.8) is 0 Å². The number of rotatable bonds is 5. The first-order chi connectivity index (χ1) is 11.4. The fraction of sp³-hybridized carbons (Fsp3) is 0.158. The van der Waals surface area contributed by atoms with Crippen molar-refractivity contribution in [1.29, 1.82) is 5.26 Å². The van der Waals surface area contributed by atoms with Crippen LogP contribution in [0.4, 0.5) is 5.69 Å². The lowest BCUT2D eigenvalue weighted by molar-refractivity contribution is -0.385. The number of carbonyl (C=O) groups is 1. The van der Waals surface area contributed by atoms with Crippen LogP contribution in [0.15, 0.2) is 48.5 Å². The number of allylic oxidation sites excluding steroid dienone is 1. The molecule has 0 spiro atoms. The lowest BCUT2D eigenvalue weighted by Gasteiger charge is -2.06. The summed E-state index contributed by atoms with van der Waals surface area (Å²) in [6.45, 7) is 3.78. The number of nitro groups is 1. The van der Waals surface area contributed by atoms with E-state index in [1.165, 1.54) is 18.2 Å². The van der Waals surface area contributed by atoms with Crippen LogP contribution in [-0.4, -0.2) is 10.7 Å². The van der Waals surface area contributed by atoms with Crippen LogP contribution in [0.5, 0.6) is 0 Å². The van der Waals surface area contributed by atoms with Crippen LogP contribution < -0.4 is 0 Å². The maximum absolute atomic E-state index is 12.2. The van der Waals surface area contributed by atoms with Gasteiger partial charge in [-0.3, -0.25) is 14.9 Å². The Morgan fingerprint density at radius 1 is 1.25 bits per heavy atom. The quantitative estimate of drug-likeness (QED) is 0.352. The van der Waals surface area contributed by atoms with Gasteiger partial charge in [0.25, 0.3) is 5.69 Å². The summed E-state index contributed by atoms with van der Waals surface area (Å²) in [6.07, 6.45) is 2.89. The normalized spacial score (nSPS) is 10.8. The van der Waals surface area contributed by atoms with Crippen LogP contribution in [-0.2, 0) is 0 Å². The Kier molecular flexibility index (Phi) is 5.23. The van der Waals surface area contributed by atoms with Gasteiger partial charge in [0, 0.05) is 17.2 Å². The Balaban J connectivity index is 2.28. The van der Waals surface area contributed by atoms with E-state index in [2.05, 4.69) is 0 Å². The van der Waals surface area contributed by atoms with Crippen LogP contribution >= 0.6 is 0 Å². The third kappa shape index (κ3) is 3.93. The van der Waals surface area contributed by atoms with Crippen molar-refractivity contribution < 1.29 is 9.72 Å². The van der Waals surface area contributed by atoms with Crippen molar-refractivity contribution in [2.75, 3.05) is 0 Å². The molecular formula is C19H16N2O3. The zero-order valence-electron chi connectivity index (χ0n) is 13.4. The fourth-order valence-electron chi connectivity index (χ4n) is 2.32. The van der Waals surface area contributed by atoms with Gasteiger partial charge in [-0.2, -0.15) is 5.26 Å². The van der Waals surface area contributed by atoms with Crippen LogP contribution in [0.25, 0.3) is 6.08 Å². The molecule has 0 aliphatic heterocycles. The number of hydrogen-bond donors (Lipinski definition) is 0. The van der Waals surface area contributed by atoms with E-state index in [1.54, 1.807) is 36.4 Å². The molecule has 0 atom stereocenters. The molecule has 5 nitrogen and oxygen atoms in total. The minimum atomic E-state index is -0.412. The van der Waals surface area contributed by atoms with Gasteiger partial charge < -0.3 is 0 Å². The third-order valence-corrected chi connectivity index (χ3v) is 3.58. The summed E-state index contributed by atoms with van der Waals surface area (Å²) >= 11 is 0. The van der Waals surface area contributed by atoms with E-state index in [9.17, 15) is 14.9 Å². The number of nitriles is 1. The maximum atomic E-state index is 12.2. The van der Waals surface area contributed by atoms with Crippen LogP contribution in [0.2, 0.25) is 0 Å². The molecule has 5 heteroatoms. The van der Waals surface area contributed by atoms with E-state index in [1.807, 2.05) is 19.9 Å². The predicted octanol–water partition coefficient (Wildman–Crippen LogP) is 4.49. The molecule has 0 aliphatic rings. The lowest BCUT2D eigenvalue weighted by atomic mass is 9.99. The van der Waals surface area contributed by atoms with Gasteiger partial charge in [0.2, 0.25) is 0 Å². The van der Waals surface area contributed by atoms with Gasteiger partial charge in [-0.05, 0) is 29.7 Å². The highest BCUT2D eigenvalue weighted by Crippen LogP contribution is 2.27. The molecule has 0 fully saturated rings. The van der Waals surface area contributed by atoms with E-state index in [0.29, 0.717) is 22.3 Å². The van der Waals surface area contributed by atoms with E-state index in [-0.39, 0.29) is 17.4 Å². The van der Waals surface area contributed by atoms with Gasteiger partial charge in [0.15, 0.2) is 5.78 Å². The average Bonchev–Trinajstić information content (AvgIpc) is 2.59. The molecule has 0 aliphatic carbocycles. The molecule has 0 aromatic heterocycles. The molecule has 0 bridgehead atoms. The molecule has 120 valence electrons. The predicted molar refractivity (Wildman–Crippen MR) is 91.7 cm³/mol. The molecule has 2 rings (SSSR count). The van der Waals surface area contributed by atoms with E-state index in [4.69, 9.17) is 5.26 Å². The Hall–Kier alpha value is -3.26. The first-order valence-corrected chi connectivity index (χ1v) is 7.43. The zero-order valence-corrected chi connectivity index (χ0v) is 13.4.